The molecule has 0 spiro atoms. The summed E-state index contributed by atoms with van der Waals surface area (Å²) < 4.78 is 0. The van der Waals surface area contributed by atoms with E-state index in [9.17, 15) is 19.8 Å². The topological polar surface area (TPSA) is 102 Å². The van der Waals surface area contributed by atoms with Gasteiger partial charge in [-0.05, 0) is 38.0 Å². The maximum absolute atomic E-state index is 12.5. The molecule has 0 fully saturated rings. The van der Waals surface area contributed by atoms with Gasteiger partial charge in [-0.25, -0.2) is 0 Å². The lowest BCUT2D eigenvalue weighted by atomic mass is 10.0. The molecule has 1 heterocycles. The van der Waals surface area contributed by atoms with Crippen LogP contribution in [0.15, 0.2) is 18.2 Å². The van der Waals surface area contributed by atoms with Crippen LogP contribution in [0, 0.1) is 6.92 Å². The number of nitrogens with one attached hydrogen (secondary N) is 2. The van der Waals surface area contributed by atoms with Gasteiger partial charge in [-0.1, -0.05) is 13.3 Å². The van der Waals surface area contributed by atoms with Gasteiger partial charge < -0.3 is 20.5 Å². The highest BCUT2D eigenvalue weighted by molar-refractivity contribution is 6.02. The van der Waals surface area contributed by atoms with Crippen molar-refractivity contribution < 1.29 is 19.8 Å². The van der Waals surface area contributed by atoms with Crippen molar-refractivity contribution in [3.63, 3.8) is 0 Å². The molecule has 128 valence electrons. The lowest BCUT2D eigenvalue weighted by Crippen LogP contribution is -2.24. The lowest BCUT2D eigenvalue weighted by molar-refractivity contribution is 0.0945. The molecule has 0 aliphatic heterocycles. The number of phenolic OH excluding ortho intramolecular Hbond substituents is 2. The molecule has 0 unspecified atom stereocenters. The minimum absolute atomic E-state index is 0.0427. The van der Waals surface area contributed by atoms with Crippen LogP contribution < -0.4 is 5.32 Å². The summed E-state index contributed by atoms with van der Waals surface area (Å²) in [6, 6.07) is 4.20. The first kappa shape index (κ1) is 17.6. The molecule has 1 amide bonds. The van der Waals surface area contributed by atoms with E-state index in [1.807, 2.05) is 6.92 Å². The summed E-state index contributed by atoms with van der Waals surface area (Å²) in [6.45, 7) is 5.37. The first-order valence-corrected chi connectivity index (χ1v) is 7.86. The zero-order valence-corrected chi connectivity index (χ0v) is 14.1. The van der Waals surface area contributed by atoms with Crippen LogP contribution >= 0.6 is 0 Å². The summed E-state index contributed by atoms with van der Waals surface area (Å²) in [5.74, 6) is -0.529. The van der Waals surface area contributed by atoms with E-state index in [0.717, 1.165) is 12.0 Å². The predicted octanol–water partition coefficient (Wildman–Crippen LogP) is 2.82. The van der Waals surface area contributed by atoms with Gasteiger partial charge in [0.05, 0.1) is 0 Å². The monoisotopic (exact) mass is 330 g/mol. The number of Topliss-reactive ketones (excluding diaryl/α,β-unsaturated/α-hetero) is 1. The van der Waals surface area contributed by atoms with Gasteiger partial charge in [-0.2, -0.15) is 0 Å². The third kappa shape index (κ3) is 3.59. The molecule has 0 aliphatic carbocycles. The summed E-state index contributed by atoms with van der Waals surface area (Å²) in [5, 5.41) is 21.8. The van der Waals surface area contributed by atoms with Gasteiger partial charge in [0.15, 0.2) is 5.78 Å². The van der Waals surface area contributed by atoms with Crippen LogP contribution in [-0.4, -0.2) is 26.9 Å². The number of aromatic amines is 1. The van der Waals surface area contributed by atoms with E-state index in [0.29, 0.717) is 28.9 Å². The molecule has 4 N–H and O–H groups in total. The maximum atomic E-state index is 12.5. The largest absolute Gasteiger partial charge is 0.508 e. The number of benzene rings is 1. The second-order valence-corrected chi connectivity index (χ2v) is 5.78. The first-order valence-electron chi connectivity index (χ1n) is 7.86. The van der Waals surface area contributed by atoms with Gasteiger partial charge >= 0.3 is 0 Å². The first-order chi connectivity index (χ1) is 11.3. The SMILES string of the molecule is CCCc1c(C(=O)NCc2ccc(O)cc2O)[nH]c(C)c1C(C)=O. The number of phenols is 2. The van der Waals surface area contributed by atoms with E-state index >= 15 is 0 Å². The van der Waals surface area contributed by atoms with Gasteiger partial charge in [0, 0.05) is 29.4 Å². The Balaban J connectivity index is 2.23. The molecule has 2 aromatic rings. The lowest BCUT2D eigenvalue weighted by Gasteiger charge is -2.08. The van der Waals surface area contributed by atoms with Crippen molar-refractivity contribution in [1.82, 2.24) is 10.3 Å². The molecular formula is C18H22N2O4. The summed E-state index contributed by atoms with van der Waals surface area (Å²) in [7, 11) is 0. The Morgan fingerprint density at radius 1 is 1.25 bits per heavy atom. The molecular weight excluding hydrogens is 308 g/mol. The van der Waals surface area contributed by atoms with E-state index in [-0.39, 0.29) is 29.7 Å². The Morgan fingerprint density at radius 3 is 2.54 bits per heavy atom. The Labute approximate surface area is 140 Å². The van der Waals surface area contributed by atoms with Gasteiger partial charge in [0.1, 0.15) is 17.2 Å². The Hall–Kier alpha value is -2.76. The van der Waals surface area contributed by atoms with Gasteiger partial charge in [0.25, 0.3) is 5.91 Å². The smallest absolute Gasteiger partial charge is 0.268 e. The average molecular weight is 330 g/mol. The molecule has 0 saturated carbocycles. The van der Waals surface area contributed by atoms with Crippen molar-refractivity contribution in [2.45, 2.75) is 40.2 Å². The molecule has 0 bridgehead atoms. The predicted molar refractivity (Wildman–Crippen MR) is 90.5 cm³/mol. The van der Waals surface area contributed by atoms with Crippen LogP contribution in [0.2, 0.25) is 0 Å². The maximum Gasteiger partial charge on any atom is 0.268 e. The summed E-state index contributed by atoms with van der Waals surface area (Å²) >= 11 is 0. The Bertz CT molecular complexity index is 778. The highest BCUT2D eigenvalue weighted by atomic mass is 16.3. The van der Waals surface area contributed by atoms with Crippen LogP contribution in [0.25, 0.3) is 0 Å². The molecule has 0 radical (unpaired) electrons. The molecule has 0 saturated heterocycles. The second kappa shape index (κ2) is 7.21. The zero-order chi connectivity index (χ0) is 17.9. The minimum Gasteiger partial charge on any atom is -0.508 e. The number of amides is 1. The molecule has 24 heavy (non-hydrogen) atoms. The number of carbonyl (C=O) groups is 2. The third-order valence-corrected chi connectivity index (χ3v) is 3.88. The number of aryl methyl sites for hydroxylation is 1. The summed E-state index contributed by atoms with van der Waals surface area (Å²) in [5.41, 5.74) is 2.87. The van der Waals surface area contributed by atoms with Crippen molar-refractivity contribution in [1.29, 1.82) is 0 Å². The number of carbonyl (C=O) groups excluding carboxylic acids is 2. The molecule has 2 rings (SSSR count). The fraction of sp³-hybridized carbons (Fsp3) is 0.333. The molecule has 1 aromatic carbocycles. The Morgan fingerprint density at radius 2 is 1.96 bits per heavy atom. The number of H-pyrrole nitrogens is 1. The van der Waals surface area contributed by atoms with Crippen LogP contribution in [0.3, 0.4) is 0 Å². The van der Waals surface area contributed by atoms with E-state index in [4.69, 9.17) is 0 Å². The number of aromatic hydroxyl groups is 2. The fourth-order valence-corrected chi connectivity index (χ4v) is 2.81. The van der Waals surface area contributed by atoms with Crippen molar-refractivity contribution in [2.75, 3.05) is 0 Å². The third-order valence-electron chi connectivity index (χ3n) is 3.88. The molecule has 6 nitrogen and oxygen atoms in total. The molecule has 1 aromatic heterocycles. The van der Waals surface area contributed by atoms with Crippen LogP contribution in [0.4, 0.5) is 0 Å². The van der Waals surface area contributed by atoms with E-state index in [2.05, 4.69) is 10.3 Å². The second-order valence-electron chi connectivity index (χ2n) is 5.78. The van der Waals surface area contributed by atoms with Crippen LogP contribution in [0.1, 0.15) is 57.9 Å². The van der Waals surface area contributed by atoms with E-state index in [1.54, 1.807) is 13.0 Å². The fourth-order valence-electron chi connectivity index (χ4n) is 2.81. The van der Waals surface area contributed by atoms with Gasteiger partial charge in [0.2, 0.25) is 0 Å². The normalized spacial score (nSPS) is 10.6. The number of hydrogen-bond donors (Lipinski definition) is 4. The number of aromatic nitrogens is 1. The molecule has 6 heteroatoms. The summed E-state index contributed by atoms with van der Waals surface area (Å²) in [4.78, 5) is 27.3. The van der Waals surface area contributed by atoms with Gasteiger partial charge in [-0.3, -0.25) is 9.59 Å². The van der Waals surface area contributed by atoms with Gasteiger partial charge in [-0.15, -0.1) is 0 Å². The number of ketones is 1. The average Bonchev–Trinajstić information content (AvgIpc) is 2.83. The molecule has 0 aliphatic rings. The highest BCUT2D eigenvalue weighted by Gasteiger charge is 2.22. The Kier molecular flexibility index (Phi) is 5.28. The minimum atomic E-state index is -0.332. The van der Waals surface area contributed by atoms with Crippen molar-refractivity contribution in [3.8, 4) is 11.5 Å². The van der Waals surface area contributed by atoms with Crippen molar-refractivity contribution in [2.24, 2.45) is 0 Å². The van der Waals surface area contributed by atoms with E-state index in [1.165, 1.54) is 19.1 Å². The van der Waals surface area contributed by atoms with E-state index < -0.39 is 0 Å². The summed E-state index contributed by atoms with van der Waals surface area (Å²) in [6.07, 6.45) is 1.45. The quantitative estimate of drug-likeness (QED) is 0.612. The molecule has 0 atom stereocenters. The number of hydrogen-bond acceptors (Lipinski definition) is 4. The standard InChI is InChI=1S/C18H22N2O4/c1-4-5-14-16(11(3)21)10(2)20-17(14)18(24)19-9-12-6-7-13(22)8-15(12)23/h6-8,20,22-23H,4-5,9H2,1-3H3,(H,19,24). The highest BCUT2D eigenvalue weighted by Crippen LogP contribution is 2.24. The van der Waals surface area contributed by atoms with Crippen molar-refractivity contribution in [3.05, 3.63) is 46.3 Å². The van der Waals surface area contributed by atoms with Crippen LogP contribution in [0.5, 0.6) is 11.5 Å². The van der Waals surface area contributed by atoms with Crippen molar-refractivity contribution >= 4 is 11.7 Å². The van der Waals surface area contributed by atoms with Crippen LogP contribution in [-0.2, 0) is 13.0 Å². The number of rotatable bonds is 6. The zero-order valence-electron chi connectivity index (χ0n) is 14.1.